The summed E-state index contributed by atoms with van der Waals surface area (Å²) in [5.41, 5.74) is -3.06. The van der Waals surface area contributed by atoms with Gasteiger partial charge < -0.3 is 0 Å². The van der Waals surface area contributed by atoms with Crippen molar-refractivity contribution >= 4 is 73.6 Å². The van der Waals surface area contributed by atoms with Gasteiger partial charge in [-0.3, -0.25) is 40.5 Å². The minimum absolute atomic E-state index is 0.233. The zero-order valence-corrected chi connectivity index (χ0v) is 39.4. The standard InChI is InChI=1S/C42H38N8O16S4/c51-47(52)35-13-3-7-17-39(35)67(59,60)43-23-24-44(68(61,62)40-18-8-4-14-36(40)48(53)54)26-28-46(70(65,66)42-20-10-6-16-38(42)50(57)58)30-32-22-21-31(33-11-1-2-12-34(32)33)29-45(27-25-43)69(63,64)41-19-9-5-15-37(41)49(55)56/h1-22H,23-30H2. The summed E-state index contributed by atoms with van der Waals surface area (Å²) in [6.45, 7) is -6.62. The van der Waals surface area contributed by atoms with Crippen LogP contribution in [0.15, 0.2) is 153 Å². The van der Waals surface area contributed by atoms with Crippen molar-refractivity contribution in [2.45, 2.75) is 32.7 Å². The second-order valence-corrected chi connectivity index (χ2v) is 22.9. The van der Waals surface area contributed by atoms with Crippen molar-refractivity contribution in [3.8, 4) is 0 Å². The molecule has 2 heterocycles. The van der Waals surface area contributed by atoms with E-state index >= 15 is 0 Å². The van der Waals surface area contributed by atoms with Crippen LogP contribution in [0.1, 0.15) is 11.1 Å². The Bertz CT molecular complexity index is 3310. The second kappa shape index (κ2) is 20.0. The van der Waals surface area contributed by atoms with Gasteiger partial charge in [-0.15, -0.1) is 0 Å². The van der Waals surface area contributed by atoms with E-state index < -0.39 is 154 Å². The van der Waals surface area contributed by atoms with Crippen LogP contribution in [0.3, 0.4) is 0 Å². The van der Waals surface area contributed by atoms with Crippen LogP contribution >= 0.6 is 0 Å². The van der Waals surface area contributed by atoms with Crippen LogP contribution in [-0.2, 0) is 53.2 Å². The highest BCUT2D eigenvalue weighted by Crippen LogP contribution is 2.35. The number of nitro groups is 4. The predicted octanol–water partition coefficient (Wildman–Crippen LogP) is 5.25. The summed E-state index contributed by atoms with van der Waals surface area (Å²) < 4.78 is 121. The number of rotatable bonds is 12. The van der Waals surface area contributed by atoms with Crippen LogP contribution in [0.5, 0.6) is 0 Å². The minimum atomic E-state index is -5.17. The topological polar surface area (TPSA) is 322 Å². The normalized spacial score (nSPS) is 15.7. The summed E-state index contributed by atoms with van der Waals surface area (Å²) >= 11 is 0. The molecule has 2 aliphatic heterocycles. The van der Waals surface area contributed by atoms with Gasteiger partial charge in [-0.2, -0.15) is 17.2 Å². The Hall–Kier alpha value is -7.18. The van der Waals surface area contributed by atoms with Gasteiger partial charge in [0.1, 0.15) is 0 Å². The molecule has 0 atom stereocenters. The number of benzene rings is 6. The molecule has 24 nitrogen and oxygen atoms in total. The molecular formula is C42H38N8O16S4. The maximum atomic E-state index is 14.8. The van der Waals surface area contributed by atoms with Crippen LogP contribution in [0, 0.1) is 40.5 Å². The molecule has 0 amide bonds. The molecule has 6 aromatic carbocycles. The first kappa shape index (κ1) is 50.7. The van der Waals surface area contributed by atoms with Gasteiger partial charge in [-0.05, 0) is 46.2 Å². The van der Waals surface area contributed by atoms with Crippen molar-refractivity contribution in [2.75, 3.05) is 39.3 Å². The van der Waals surface area contributed by atoms with E-state index in [1.807, 2.05) is 0 Å². The fourth-order valence-electron chi connectivity index (χ4n) is 7.88. The molecule has 2 bridgehead atoms. The average molecular weight is 1040 g/mol. The number of hydrogen-bond acceptors (Lipinski definition) is 16. The fraction of sp³-hybridized carbons (Fsp3) is 0.190. The molecule has 8 rings (SSSR count). The summed E-state index contributed by atoms with van der Waals surface area (Å²) in [5, 5.41) is 49.5. The van der Waals surface area contributed by atoms with Gasteiger partial charge in [0.05, 0.1) is 19.7 Å². The van der Waals surface area contributed by atoms with Crippen LogP contribution in [0.4, 0.5) is 22.7 Å². The molecule has 70 heavy (non-hydrogen) atoms. The predicted molar refractivity (Wildman–Crippen MR) is 249 cm³/mol. The van der Waals surface area contributed by atoms with Crippen LogP contribution in [0.2, 0.25) is 0 Å². The smallest absolute Gasteiger partial charge is 0.258 e. The highest BCUT2D eigenvalue weighted by Gasteiger charge is 2.39. The Morgan fingerprint density at radius 2 is 0.529 bits per heavy atom. The molecule has 0 N–H and O–H groups in total. The minimum Gasteiger partial charge on any atom is -0.258 e. The fourth-order valence-corrected chi connectivity index (χ4v) is 14.2. The van der Waals surface area contributed by atoms with E-state index in [9.17, 15) is 74.1 Å². The van der Waals surface area contributed by atoms with Crippen molar-refractivity contribution in [1.82, 2.24) is 17.2 Å². The lowest BCUT2D eigenvalue weighted by atomic mass is 9.99. The highest BCUT2D eigenvalue weighted by atomic mass is 32.2. The number of nitro benzene ring substituents is 4. The Balaban J connectivity index is 1.49. The zero-order chi connectivity index (χ0) is 50.8. The summed E-state index contributed by atoms with van der Waals surface area (Å²) in [6, 6.07) is 26.0. The first-order valence-corrected chi connectivity index (χ1v) is 26.3. The van der Waals surface area contributed by atoms with Crippen LogP contribution < -0.4 is 0 Å². The molecule has 0 fully saturated rings. The summed E-state index contributed by atoms with van der Waals surface area (Å²) in [7, 11) is -20.4. The van der Waals surface area contributed by atoms with Crippen molar-refractivity contribution in [3.05, 3.63) is 185 Å². The number of nitrogens with zero attached hydrogens (tertiary/aromatic N) is 8. The molecule has 28 heteroatoms. The lowest BCUT2D eigenvalue weighted by Crippen LogP contribution is -2.47. The molecule has 0 radical (unpaired) electrons. The van der Waals surface area contributed by atoms with Gasteiger partial charge in [-0.25, -0.2) is 33.7 Å². The van der Waals surface area contributed by atoms with Crippen molar-refractivity contribution in [1.29, 1.82) is 0 Å². The van der Waals surface area contributed by atoms with Crippen molar-refractivity contribution in [3.63, 3.8) is 0 Å². The third-order valence-electron chi connectivity index (χ3n) is 11.3. The monoisotopic (exact) mass is 1040 g/mol. The molecule has 0 saturated carbocycles. The molecule has 0 saturated heterocycles. The Morgan fingerprint density at radius 3 is 0.786 bits per heavy atom. The van der Waals surface area contributed by atoms with E-state index in [0.717, 1.165) is 69.3 Å². The summed E-state index contributed by atoms with van der Waals surface area (Å²) in [4.78, 5) is 41.6. The Morgan fingerprint density at radius 1 is 0.314 bits per heavy atom. The van der Waals surface area contributed by atoms with E-state index in [2.05, 4.69) is 0 Å². The van der Waals surface area contributed by atoms with Crippen LogP contribution in [-0.4, -0.2) is 110 Å². The number of hydrogen-bond donors (Lipinski definition) is 0. The lowest BCUT2D eigenvalue weighted by Gasteiger charge is -2.31. The molecule has 0 unspecified atom stereocenters. The van der Waals surface area contributed by atoms with E-state index in [4.69, 9.17) is 0 Å². The highest BCUT2D eigenvalue weighted by molar-refractivity contribution is 7.90. The zero-order valence-electron chi connectivity index (χ0n) is 36.1. The maximum absolute atomic E-state index is 14.8. The molecular weight excluding hydrogens is 1000 g/mol. The van der Waals surface area contributed by atoms with Gasteiger partial charge in [0.15, 0.2) is 19.6 Å². The van der Waals surface area contributed by atoms with E-state index in [1.54, 1.807) is 24.3 Å². The second-order valence-electron chi connectivity index (χ2n) is 15.3. The number of sulfonamides is 4. The third-order valence-corrected chi connectivity index (χ3v) is 19.0. The largest absolute Gasteiger partial charge is 0.289 e. The molecule has 366 valence electrons. The van der Waals surface area contributed by atoms with Gasteiger partial charge in [0.25, 0.3) is 22.7 Å². The van der Waals surface area contributed by atoms with Gasteiger partial charge in [-0.1, -0.05) is 84.9 Å². The first-order chi connectivity index (χ1) is 33.1. The van der Waals surface area contributed by atoms with E-state index in [0.29, 0.717) is 19.4 Å². The number of para-hydroxylation sites is 4. The molecule has 6 aromatic rings. The van der Waals surface area contributed by atoms with Gasteiger partial charge in [0.2, 0.25) is 40.1 Å². The van der Waals surface area contributed by atoms with Gasteiger partial charge >= 0.3 is 0 Å². The quantitative estimate of drug-likeness (QED) is 0.0858. The molecule has 0 aliphatic carbocycles. The maximum Gasteiger partial charge on any atom is 0.289 e. The van der Waals surface area contributed by atoms with E-state index in [1.165, 1.54) is 48.5 Å². The van der Waals surface area contributed by atoms with Crippen molar-refractivity contribution < 1.29 is 53.4 Å². The Kier molecular flexibility index (Phi) is 14.5. The molecule has 0 aromatic heterocycles. The average Bonchev–Trinajstić information content (AvgIpc) is 3.33. The van der Waals surface area contributed by atoms with Gasteiger partial charge in [0, 0.05) is 76.6 Å². The first-order valence-electron chi connectivity index (χ1n) is 20.5. The van der Waals surface area contributed by atoms with E-state index in [-0.39, 0.29) is 11.1 Å². The van der Waals surface area contributed by atoms with Crippen LogP contribution in [0.25, 0.3) is 10.8 Å². The summed E-state index contributed by atoms with van der Waals surface area (Å²) in [6.07, 6.45) is 0. The Labute approximate surface area is 399 Å². The number of fused-ring (bicyclic) bond motifs is 12. The molecule has 0 spiro atoms. The summed E-state index contributed by atoms with van der Waals surface area (Å²) in [5.74, 6) is 0. The SMILES string of the molecule is O=[N+]([O-])c1ccccc1S(=O)(=O)N1CCN(S(=O)(=O)c2ccccc2[N+](=O)[O-])CCN(S(=O)(=O)c2ccccc2[N+](=O)[O-])Cc2ccc(c3ccccc23)CN(S(=O)(=O)c2ccccc2[N+](=O)[O-])CC1. The lowest BCUT2D eigenvalue weighted by molar-refractivity contribution is -0.388. The third kappa shape index (κ3) is 9.96. The van der Waals surface area contributed by atoms with Crippen molar-refractivity contribution in [2.24, 2.45) is 0 Å². The molecule has 2 aliphatic rings.